The van der Waals surface area contributed by atoms with Gasteiger partial charge < -0.3 is 4.62 Å². The lowest BCUT2D eigenvalue weighted by atomic mass is 10.3. The summed E-state index contributed by atoms with van der Waals surface area (Å²) >= 11 is 0. The maximum absolute atomic E-state index is 5.58. The van der Waals surface area contributed by atoms with E-state index in [1.807, 2.05) is 24.3 Å². The fourth-order valence-electron chi connectivity index (χ4n) is 1.78. The first kappa shape index (κ1) is 10.00. The molecule has 0 saturated carbocycles. The Morgan fingerprint density at radius 2 is 2.00 bits per heavy atom. The van der Waals surface area contributed by atoms with Crippen LogP contribution in [0.4, 0.5) is 0 Å². The van der Waals surface area contributed by atoms with Gasteiger partial charge in [0.15, 0.2) is 0 Å². The minimum atomic E-state index is 0.844. The highest BCUT2D eigenvalue weighted by atomic mass is 31.1. The molecule has 1 fully saturated rings. The molecular formula is C10H12N4OP. The average molecular weight is 235 g/mol. The van der Waals surface area contributed by atoms with E-state index in [4.69, 9.17) is 4.62 Å². The molecule has 1 aromatic heterocycles. The second kappa shape index (κ2) is 4.36. The van der Waals surface area contributed by atoms with E-state index in [1.165, 1.54) is 17.7 Å². The van der Waals surface area contributed by atoms with Crippen molar-refractivity contribution in [3.63, 3.8) is 0 Å². The molecule has 1 aliphatic heterocycles. The number of hydrogen-bond acceptors (Lipinski definition) is 4. The molecule has 1 radical (unpaired) electrons. The zero-order chi connectivity index (χ0) is 10.8. The SMILES string of the molecule is c1ccc2c(c1)nnn2O[P]N1CCCC1. The molecule has 0 spiro atoms. The molecule has 0 N–H and O–H groups in total. The van der Waals surface area contributed by atoms with E-state index in [1.54, 1.807) is 0 Å². The van der Waals surface area contributed by atoms with Crippen LogP contribution in [0.25, 0.3) is 11.0 Å². The van der Waals surface area contributed by atoms with Gasteiger partial charge in [-0.3, -0.25) is 0 Å². The third kappa shape index (κ3) is 1.88. The molecule has 1 aliphatic rings. The van der Waals surface area contributed by atoms with Crippen molar-refractivity contribution in [1.82, 2.24) is 19.8 Å². The number of rotatable bonds is 3. The Labute approximate surface area is 95.2 Å². The topological polar surface area (TPSA) is 43.2 Å². The van der Waals surface area contributed by atoms with Gasteiger partial charge in [-0.1, -0.05) is 17.0 Å². The van der Waals surface area contributed by atoms with E-state index in [0.29, 0.717) is 0 Å². The highest BCUT2D eigenvalue weighted by Gasteiger charge is 2.15. The number of para-hydroxylation sites is 1. The Morgan fingerprint density at radius 3 is 2.88 bits per heavy atom. The molecule has 5 nitrogen and oxygen atoms in total. The van der Waals surface area contributed by atoms with Crippen molar-refractivity contribution in [3.8, 4) is 0 Å². The quantitative estimate of drug-likeness (QED) is 0.760. The summed E-state index contributed by atoms with van der Waals surface area (Å²) in [6.07, 6.45) is 2.52. The predicted molar refractivity (Wildman–Crippen MR) is 61.8 cm³/mol. The Hall–Kier alpha value is -1.19. The van der Waals surface area contributed by atoms with Crippen molar-refractivity contribution >= 4 is 20.0 Å². The molecule has 0 unspecified atom stereocenters. The molecule has 0 atom stereocenters. The van der Waals surface area contributed by atoms with Crippen LogP contribution in [0.3, 0.4) is 0 Å². The van der Waals surface area contributed by atoms with E-state index in [9.17, 15) is 0 Å². The molecule has 0 aliphatic carbocycles. The lowest BCUT2D eigenvalue weighted by molar-refractivity contribution is 0.255. The molecule has 0 bridgehead atoms. The fourth-order valence-corrected chi connectivity index (χ4v) is 2.52. The van der Waals surface area contributed by atoms with Crippen LogP contribution in [0.2, 0.25) is 0 Å². The first-order valence-corrected chi connectivity index (χ1v) is 6.14. The van der Waals surface area contributed by atoms with E-state index < -0.39 is 0 Å². The Balaban J connectivity index is 1.73. The van der Waals surface area contributed by atoms with Crippen LogP contribution < -0.4 is 4.62 Å². The van der Waals surface area contributed by atoms with Gasteiger partial charge in [0.2, 0.25) is 0 Å². The number of hydrogen-bond donors (Lipinski definition) is 0. The van der Waals surface area contributed by atoms with E-state index >= 15 is 0 Å². The van der Waals surface area contributed by atoms with Crippen molar-refractivity contribution in [3.05, 3.63) is 24.3 Å². The third-order valence-corrected chi connectivity index (χ3v) is 3.49. The molecule has 6 heteroatoms. The Bertz CT molecular complexity index is 480. The lowest BCUT2D eigenvalue weighted by Gasteiger charge is -2.11. The number of aromatic nitrogens is 3. The highest BCUT2D eigenvalue weighted by Crippen LogP contribution is 2.23. The highest BCUT2D eigenvalue weighted by molar-refractivity contribution is 7.29. The molecule has 16 heavy (non-hydrogen) atoms. The summed E-state index contributed by atoms with van der Waals surface area (Å²) in [5, 5.41) is 8.00. The number of nitrogens with zero attached hydrogens (tertiary/aromatic N) is 4. The Kier molecular flexibility index (Phi) is 2.72. The smallest absolute Gasteiger partial charge is 0.281 e. The van der Waals surface area contributed by atoms with Crippen LogP contribution in [0, 0.1) is 0 Å². The second-order valence-corrected chi connectivity index (χ2v) is 4.67. The van der Waals surface area contributed by atoms with Crippen molar-refractivity contribution in [2.45, 2.75) is 12.8 Å². The summed E-state index contributed by atoms with van der Waals surface area (Å²) in [5.41, 5.74) is 1.77. The fraction of sp³-hybridized carbons (Fsp3) is 0.400. The van der Waals surface area contributed by atoms with Gasteiger partial charge in [-0.15, -0.1) is 5.10 Å². The standard InChI is InChI=1S/C10H12N4OP/c1-2-6-10-9(5-1)11-12-14(10)15-16-13-7-3-4-8-13/h1-2,5-6H,3-4,7-8H2. The Morgan fingerprint density at radius 1 is 1.19 bits per heavy atom. The molecule has 3 rings (SSSR count). The minimum absolute atomic E-state index is 0.844. The van der Waals surface area contributed by atoms with Gasteiger partial charge >= 0.3 is 0 Å². The molecular weight excluding hydrogens is 223 g/mol. The van der Waals surface area contributed by atoms with Crippen molar-refractivity contribution in [2.24, 2.45) is 0 Å². The van der Waals surface area contributed by atoms with Crippen LogP contribution >= 0.6 is 8.96 Å². The first-order chi connectivity index (χ1) is 7.93. The zero-order valence-electron chi connectivity index (χ0n) is 8.78. The van der Waals surface area contributed by atoms with Gasteiger partial charge in [0.25, 0.3) is 8.96 Å². The number of benzene rings is 1. The van der Waals surface area contributed by atoms with E-state index in [2.05, 4.69) is 15.0 Å². The minimum Gasteiger partial charge on any atom is -0.349 e. The molecule has 83 valence electrons. The van der Waals surface area contributed by atoms with Crippen molar-refractivity contribution in [2.75, 3.05) is 13.1 Å². The van der Waals surface area contributed by atoms with Crippen molar-refractivity contribution < 1.29 is 4.62 Å². The molecule has 1 aromatic carbocycles. The van der Waals surface area contributed by atoms with Gasteiger partial charge in [0, 0.05) is 13.1 Å². The van der Waals surface area contributed by atoms with Crippen LogP contribution in [0.1, 0.15) is 12.8 Å². The summed E-state index contributed by atoms with van der Waals surface area (Å²) in [5.74, 6) is 0. The summed E-state index contributed by atoms with van der Waals surface area (Å²) < 4.78 is 7.83. The van der Waals surface area contributed by atoms with Crippen LogP contribution in [-0.2, 0) is 0 Å². The van der Waals surface area contributed by atoms with Crippen LogP contribution in [0.5, 0.6) is 0 Å². The van der Waals surface area contributed by atoms with Gasteiger partial charge in [0.05, 0.1) is 0 Å². The van der Waals surface area contributed by atoms with E-state index in [0.717, 1.165) is 33.1 Å². The lowest BCUT2D eigenvalue weighted by Crippen LogP contribution is -2.14. The maximum atomic E-state index is 5.58. The third-order valence-electron chi connectivity index (χ3n) is 2.63. The number of fused-ring (bicyclic) bond motifs is 1. The van der Waals surface area contributed by atoms with Gasteiger partial charge in [-0.2, -0.15) is 0 Å². The molecule has 2 aromatic rings. The van der Waals surface area contributed by atoms with Crippen molar-refractivity contribution in [1.29, 1.82) is 0 Å². The summed E-state index contributed by atoms with van der Waals surface area (Å²) in [7, 11) is 0.844. The zero-order valence-corrected chi connectivity index (χ0v) is 9.68. The molecule has 1 saturated heterocycles. The van der Waals surface area contributed by atoms with Gasteiger partial charge in [0.1, 0.15) is 11.0 Å². The monoisotopic (exact) mass is 235 g/mol. The van der Waals surface area contributed by atoms with Crippen LogP contribution in [-0.4, -0.2) is 32.9 Å². The normalized spacial score (nSPS) is 17.8. The summed E-state index contributed by atoms with van der Waals surface area (Å²) in [6, 6.07) is 7.78. The maximum Gasteiger partial charge on any atom is 0.281 e. The average Bonchev–Trinajstić information content (AvgIpc) is 2.96. The first-order valence-electron chi connectivity index (χ1n) is 5.37. The van der Waals surface area contributed by atoms with Crippen LogP contribution in [0.15, 0.2) is 24.3 Å². The van der Waals surface area contributed by atoms with Gasteiger partial charge in [-0.05, 0) is 30.2 Å². The second-order valence-electron chi connectivity index (χ2n) is 3.78. The molecule has 2 heterocycles. The summed E-state index contributed by atoms with van der Waals surface area (Å²) in [6.45, 7) is 2.21. The van der Waals surface area contributed by atoms with Gasteiger partial charge in [-0.25, -0.2) is 4.67 Å². The summed E-state index contributed by atoms with van der Waals surface area (Å²) in [4.78, 5) is 1.50. The largest absolute Gasteiger partial charge is 0.349 e. The molecule has 0 amide bonds. The van der Waals surface area contributed by atoms with E-state index in [-0.39, 0.29) is 0 Å². The predicted octanol–water partition coefficient (Wildman–Crippen LogP) is 1.73.